The minimum Gasteiger partial charge on any atom is -0.484 e. The minimum absolute atomic E-state index is 0.0391. The van der Waals surface area contributed by atoms with Crippen molar-refractivity contribution in [2.24, 2.45) is 0 Å². The van der Waals surface area contributed by atoms with Gasteiger partial charge in [-0.2, -0.15) is 13.8 Å². The van der Waals surface area contributed by atoms with Crippen molar-refractivity contribution in [3.05, 3.63) is 46.8 Å². The summed E-state index contributed by atoms with van der Waals surface area (Å²) < 4.78 is 54.5. The second kappa shape index (κ2) is 9.67. The molecule has 2 N–H and O–H groups in total. The Balaban J connectivity index is 1.26. The number of nitrogens with zero attached hydrogens (tertiary/aromatic N) is 2. The van der Waals surface area contributed by atoms with Gasteiger partial charge in [0.1, 0.15) is 16.4 Å². The molecule has 0 radical (unpaired) electrons. The van der Waals surface area contributed by atoms with Crippen LogP contribution in [0.3, 0.4) is 0 Å². The molecule has 1 aliphatic carbocycles. The van der Waals surface area contributed by atoms with E-state index in [0.717, 1.165) is 6.07 Å². The predicted molar refractivity (Wildman–Crippen MR) is 119 cm³/mol. The Morgan fingerprint density at radius 1 is 1.44 bits per heavy atom. The molecule has 2 aliphatic rings. The number of halogens is 4. The normalized spacial score (nSPS) is 24.6. The van der Waals surface area contributed by atoms with Gasteiger partial charge in [0.2, 0.25) is 11.7 Å². The Morgan fingerprint density at radius 3 is 2.85 bits per heavy atom. The van der Waals surface area contributed by atoms with E-state index in [9.17, 15) is 18.0 Å². The van der Waals surface area contributed by atoms with Gasteiger partial charge in [0.25, 0.3) is 5.91 Å². The topological polar surface area (TPSA) is 98.5 Å². The van der Waals surface area contributed by atoms with E-state index in [-0.39, 0.29) is 29.8 Å². The molecule has 0 spiro atoms. The highest BCUT2D eigenvalue weighted by Gasteiger charge is 2.40. The van der Waals surface area contributed by atoms with Gasteiger partial charge in [-0.05, 0) is 25.0 Å². The number of rotatable bonds is 8. The standard InChI is InChI=1S/C21H22ClF3N4O4S/c1-20(24,25)32-13-6-11(7-13)19-27-18(29-33-19)16-4-5-21(34,10-26-16)28-17(30)9-31-12-2-3-14(22)15(23)8-12/h2-4,8,11,13,26,34H,5-7,9-10H2,1H3,(H,28,30)/t11-,13+,21-/m1/s1. The molecule has 1 aliphatic heterocycles. The van der Waals surface area contributed by atoms with Crippen LogP contribution in [0.4, 0.5) is 13.2 Å². The number of nitrogens with one attached hydrogen (secondary N) is 2. The van der Waals surface area contributed by atoms with Gasteiger partial charge in [0.05, 0.1) is 16.8 Å². The Hall–Kier alpha value is -2.44. The zero-order valence-electron chi connectivity index (χ0n) is 18.0. The number of hydrogen-bond donors (Lipinski definition) is 3. The highest BCUT2D eigenvalue weighted by Crippen LogP contribution is 2.40. The van der Waals surface area contributed by atoms with E-state index in [1.54, 1.807) is 6.08 Å². The minimum atomic E-state index is -3.17. The fraction of sp³-hybridized carbons (Fsp3) is 0.476. The molecule has 1 saturated carbocycles. The van der Waals surface area contributed by atoms with Crippen molar-refractivity contribution in [2.45, 2.75) is 49.2 Å². The first kappa shape index (κ1) is 24.7. The second-order valence-corrected chi connectivity index (χ2v) is 9.56. The SMILES string of the molecule is CC(F)(F)O[C@H]1C[C@@H](c2nc(C3=CC[C@](S)(NC(=O)COc4ccc(Cl)c(F)c4)CN3)no2)C1. The van der Waals surface area contributed by atoms with Crippen molar-refractivity contribution in [1.29, 1.82) is 0 Å². The summed E-state index contributed by atoms with van der Waals surface area (Å²) in [5.74, 6) is -0.342. The maximum Gasteiger partial charge on any atom is 0.353 e. The summed E-state index contributed by atoms with van der Waals surface area (Å²) in [5, 5.41) is 9.78. The van der Waals surface area contributed by atoms with Gasteiger partial charge in [-0.15, -0.1) is 12.6 Å². The quantitative estimate of drug-likeness (QED) is 0.360. The van der Waals surface area contributed by atoms with Gasteiger partial charge in [-0.1, -0.05) is 22.8 Å². The first-order valence-electron chi connectivity index (χ1n) is 10.4. The van der Waals surface area contributed by atoms with E-state index >= 15 is 0 Å². The maximum atomic E-state index is 13.5. The molecule has 0 bridgehead atoms. The third kappa shape index (κ3) is 6.16. The number of ether oxygens (including phenoxy) is 2. The molecule has 34 heavy (non-hydrogen) atoms. The number of carbonyl (C=O) groups excluding carboxylic acids is 1. The monoisotopic (exact) mass is 518 g/mol. The molecule has 1 atom stereocenters. The highest BCUT2D eigenvalue weighted by atomic mass is 35.5. The second-order valence-electron chi connectivity index (χ2n) is 8.29. The van der Waals surface area contributed by atoms with Crippen LogP contribution in [0, 0.1) is 5.82 Å². The van der Waals surface area contributed by atoms with Gasteiger partial charge < -0.3 is 24.6 Å². The average molecular weight is 519 g/mol. The van der Waals surface area contributed by atoms with Crippen LogP contribution >= 0.6 is 24.2 Å². The van der Waals surface area contributed by atoms with Crippen molar-refractivity contribution in [3.8, 4) is 5.75 Å². The molecule has 0 unspecified atom stereocenters. The summed E-state index contributed by atoms with van der Waals surface area (Å²) in [5.41, 5.74) is 0.606. The van der Waals surface area contributed by atoms with E-state index in [1.165, 1.54) is 12.1 Å². The van der Waals surface area contributed by atoms with Crippen molar-refractivity contribution in [1.82, 2.24) is 20.8 Å². The number of hydrogen-bond acceptors (Lipinski definition) is 8. The summed E-state index contributed by atoms with van der Waals surface area (Å²) in [4.78, 5) is 15.7. The molecule has 8 nitrogen and oxygen atoms in total. The van der Waals surface area contributed by atoms with Gasteiger partial charge in [-0.3, -0.25) is 4.79 Å². The van der Waals surface area contributed by atoms with Crippen LogP contribution in [0.15, 0.2) is 28.8 Å². The van der Waals surface area contributed by atoms with Crippen LogP contribution in [-0.2, 0) is 9.53 Å². The highest BCUT2D eigenvalue weighted by molar-refractivity contribution is 7.81. The number of alkyl halides is 2. The Kier molecular flexibility index (Phi) is 7.02. The van der Waals surface area contributed by atoms with Gasteiger partial charge in [0, 0.05) is 31.9 Å². The zero-order valence-corrected chi connectivity index (χ0v) is 19.6. The predicted octanol–water partition coefficient (Wildman–Crippen LogP) is 3.89. The van der Waals surface area contributed by atoms with Crippen molar-refractivity contribution >= 4 is 35.8 Å². The summed E-state index contributed by atoms with van der Waals surface area (Å²) in [7, 11) is 0. The van der Waals surface area contributed by atoms with Crippen LogP contribution in [0.1, 0.15) is 43.8 Å². The van der Waals surface area contributed by atoms with Crippen LogP contribution in [0.2, 0.25) is 5.02 Å². The molecule has 2 heterocycles. The fourth-order valence-electron chi connectivity index (χ4n) is 3.60. The molecule has 1 amide bonds. The van der Waals surface area contributed by atoms with Crippen LogP contribution in [0.5, 0.6) is 5.75 Å². The lowest BCUT2D eigenvalue weighted by atomic mass is 9.82. The molecule has 4 rings (SSSR count). The molecule has 13 heteroatoms. The molecule has 0 saturated heterocycles. The average Bonchev–Trinajstić information content (AvgIpc) is 3.20. The third-order valence-corrected chi connectivity index (χ3v) is 6.11. The van der Waals surface area contributed by atoms with Gasteiger partial charge in [0.15, 0.2) is 6.61 Å². The molecule has 1 fully saturated rings. The first-order valence-corrected chi connectivity index (χ1v) is 11.3. The molecule has 1 aromatic carbocycles. The van der Waals surface area contributed by atoms with E-state index in [1.807, 2.05) is 0 Å². The van der Waals surface area contributed by atoms with Crippen LogP contribution in [0.25, 0.3) is 5.70 Å². The number of amides is 1. The lowest BCUT2D eigenvalue weighted by molar-refractivity contribution is -0.265. The molecule has 2 aromatic rings. The maximum absolute atomic E-state index is 13.5. The summed E-state index contributed by atoms with van der Waals surface area (Å²) in [6, 6.07) is 3.89. The van der Waals surface area contributed by atoms with Gasteiger partial charge >= 0.3 is 6.11 Å². The summed E-state index contributed by atoms with van der Waals surface area (Å²) in [6.45, 7) is 0.645. The van der Waals surface area contributed by atoms with Crippen molar-refractivity contribution < 1.29 is 32.0 Å². The van der Waals surface area contributed by atoms with E-state index in [2.05, 4.69) is 38.1 Å². The number of carbonyl (C=O) groups is 1. The van der Waals surface area contributed by atoms with Gasteiger partial charge in [-0.25, -0.2) is 4.39 Å². The lowest BCUT2D eigenvalue weighted by Gasteiger charge is -2.34. The number of thiol groups is 1. The summed E-state index contributed by atoms with van der Waals surface area (Å²) in [6.07, 6.45) is -0.813. The van der Waals surface area contributed by atoms with Crippen molar-refractivity contribution in [2.75, 3.05) is 13.2 Å². The lowest BCUT2D eigenvalue weighted by Crippen LogP contribution is -2.53. The number of aromatic nitrogens is 2. The summed E-state index contributed by atoms with van der Waals surface area (Å²) >= 11 is 10.2. The Labute approximate surface area is 203 Å². The smallest absolute Gasteiger partial charge is 0.353 e. The van der Waals surface area contributed by atoms with E-state index in [4.69, 9.17) is 20.9 Å². The molecular weight excluding hydrogens is 497 g/mol. The fourth-order valence-corrected chi connectivity index (χ4v) is 4.01. The first-order chi connectivity index (χ1) is 16.0. The molecule has 184 valence electrons. The third-order valence-electron chi connectivity index (χ3n) is 5.35. The Morgan fingerprint density at radius 2 is 2.21 bits per heavy atom. The van der Waals surface area contributed by atoms with E-state index in [0.29, 0.717) is 43.6 Å². The molecular formula is C21H22ClF3N4O4S. The number of benzene rings is 1. The Bertz CT molecular complexity index is 1090. The van der Waals surface area contributed by atoms with E-state index < -0.39 is 28.8 Å². The van der Waals surface area contributed by atoms with Crippen LogP contribution in [-0.4, -0.2) is 46.3 Å². The van der Waals surface area contributed by atoms with Crippen molar-refractivity contribution in [3.63, 3.8) is 0 Å². The largest absolute Gasteiger partial charge is 0.484 e. The zero-order chi connectivity index (χ0) is 24.5. The van der Waals surface area contributed by atoms with Crippen LogP contribution < -0.4 is 15.4 Å². The molecule has 1 aromatic heterocycles.